The van der Waals surface area contributed by atoms with Crippen LogP contribution in [0.2, 0.25) is 5.02 Å². The molecule has 0 atom stereocenters. The third-order valence-electron chi connectivity index (χ3n) is 4.86. The van der Waals surface area contributed by atoms with E-state index in [0.29, 0.717) is 23.2 Å². The number of nitrogens with zero attached hydrogens (tertiary/aromatic N) is 2. The van der Waals surface area contributed by atoms with Gasteiger partial charge < -0.3 is 19.9 Å². The fourth-order valence-electron chi connectivity index (χ4n) is 3.47. The van der Waals surface area contributed by atoms with Crippen molar-refractivity contribution in [3.05, 3.63) is 46.5 Å². The van der Waals surface area contributed by atoms with Crippen molar-refractivity contribution in [2.75, 3.05) is 24.7 Å². The number of halogens is 1. The average Bonchev–Trinajstić information content (AvgIpc) is 3.17. The summed E-state index contributed by atoms with van der Waals surface area (Å²) in [6.07, 6.45) is 5.33. The van der Waals surface area contributed by atoms with E-state index in [9.17, 15) is 4.79 Å². The van der Waals surface area contributed by atoms with Gasteiger partial charge in [-0.2, -0.15) is 0 Å². The summed E-state index contributed by atoms with van der Waals surface area (Å²) in [4.78, 5) is 22.1. The third-order valence-corrected chi connectivity index (χ3v) is 5.07. The lowest BCUT2D eigenvalue weighted by Crippen LogP contribution is -2.40. The minimum Gasteiger partial charge on any atom is -0.381 e. The van der Waals surface area contributed by atoms with E-state index in [1.54, 1.807) is 18.6 Å². The average molecular weight is 377 g/mol. The van der Waals surface area contributed by atoms with Crippen LogP contribution in [0.15, 0.2) is 24.7 Å². The Morgan fingerprint density at radius 1 is 1.42 bits per heavy atom. The molecule has 0 unspecified atom stereocenters. The highest BCUT2D eigenvalue weighted by molar-refractivity contribution is 6.31. The second-order valence-corrected chi connectivity index (χ2v) is 6.91. The fourth-order valence-corrected chi connectivity index (χ4v) is 3.69. The van der Waals surface area contributed by atoms with Crippen LogP contribution in [0.1, 0.15) is 41.4 Å². The Morgan fingerprint density at radius 3 is 2.85 bits per heavy atom. The van der Waals surface area contributed by atoms with Crippen LogP contribution in [0.4, 0.5) is 5.69 Å². The van der Waals surface area contributed by atoms with Gasteiger partial charge in [-0.25, -0.2) is 4.98 Å². The van der Waals surface area contributed by atoms with Gasteiger partial charge in [0.1, 0.15) is 0 Å². The number of carbonyl (C=O) groups is 1. The molecule has 7 heteroatoms. The van der Waals surface area contributed by atoms with Gasteiger partial charge in [-0.15, -0.1) is 0 Å². The van der Waals surface area contributed by atoms with Crippen molar-refractivity contribution in [3.8, 4) is 0 Å². The Bertz CT molecular complexity index is 742. The number of imidazole rings is 1. The smallest absolute Gasteiger partial charge is 0.251 e. The van der Waals surface area contributed by atoms with Gasteiger partial charge in [-0.05, 0) is 44.4 Å². The van der Waals surface area contributed by atoms with Gasteiger partial charge in [0.05, 0.1) is 18.6 Å². The zero-order chi connectivity index (χ0) is 18.5. The standard InChI is InChI=1S/C19H25ClN4O2/c1-3-24(16-4-6-26-7-5-16)18-9-14(20)8-17(13(18)2)19(25)22-11-15-10-21-12-23-15/h8-10,12,16H,3-7,11H2,1-2H3,(H,21,23)(H,22,25). The molecule has 1 aromatic carbocycles. The van der Waals surface area contributed by atoms with Gasteiger partial charge in [0.25, 0.3) is 5.91 Å². The van der Waals surface area contributed by atoms with Crippen molar-refractivity contribution in [1.29, 1.82) is 0 Å². The number of hydrogen-bond donors (Lipinski definition) is 2. The first-order valence-corrected chi connectivity index (χ1v) is 9.38. The van der Waals surface area contributed by atoms with Crippen molar-refractivity contribution in [1.82, 2.24) is 15.3 Å². The molecule has 0 saturated carbocycles. The molecule has 140 valence electrons. The summed E-state index contributed by atoms with van der Waals surface area (Å²) in [7, 11) is 0. The molecular formula is C19H25ClN4O2. The number of nitrogens with one attached hydrogen (secondary N) is 2. The van der Waals surface area contributed by atoms with Gasteiger partial charge in [-0.3, -0.25) is 4.79 Å². The van der Waals surface area contributed by atoms with Crippen molar-refractivity contribution in [2.45, 2.75) is 39.3 Å². The van der Waals surface area contributed by atoms with Gasteiger partial charge in [0, 0.05) is 48.3 Å². The maximum atomic E-state index is 12.7. The van der Waals surface area contributed by atoms with Gasteiger partial charge >= 0.3 is 0 Å². The van der Waals surface area contributed by atoms with E-state index in [2.05, 4.69) is 27.1 Å². The molecule has 2 N–H and O–H groups in total. The van der Waals surface area contributed by atoms with E-state index in [0.717, 1.165) is 49.5 Å². The molecule has 1 aliphatic rings. The predicted molar refractivity (Wildman–Crippen MR) is 103 cm³/mol. The number of benzene rings is 1. The van der Waals surface area contributed by atoms with E-state index in [1.165, 1.54) is 0 Å². The first-order chi connectivity index (χ1) is 12.6. The Balaban J connectivity index is 1.83. The highest BCUT2D eigenvalue weighted by Crippen LogP contribution is 2.31. The molecule has 0 spiro atoms. The number of amides is 1. The van der Waals surface area contributed by atoms with E-state index in [-0.39, 0.29) is 5.91 Å². The molecule has 1 aliphatic heterocycles. The highest BCUT2D eigenvalue weighted by Gasteiger charge is 2.24. The molecule has 26 heavy (non-hydrogen) atoms. The normalized spacial score (nSPS) is 15.0. The molecule has 2 aromatic rings. The van der Waals surface area contributed by atoms with Crippen LogP contribution in [0.3, 0.4) is 0 Å². The van der Waals surface area contributed by atoms with Gasteiger partial charge in [0.2, 0.25) is 0 Å². The number of H-pyrrole nitrogens is 1. The van der Waals surface area contributed by atoms with Crippen molar-refractivity contribution < 1.29 is 9.53 Å². The summed E-state index contributed by atoms with van der Waals surface area (Å²) in [6.45, 7) is 6.90. The maximum absolute atomic E-state index is 12.7. The number of rotatable bonds is 6. The zero-order valence-electron chi connectivity index (χ0n) is 15.2. The number of ether oxygens (including phenoxy) is 1. The summed E-state index contributed by atoms with van der Waals surface area (Å²) in [5.41, 5.74) is 3.36. The molecule has 3 rings (SSSR count). The topological polar surface area (TPSA) is 70.2 Å². The molecule has 0 bridgehead atoms. The Morgan fingerprint density at radius 2 is 2.19 bits per heavy atom. The van der Waals surface area contributed by atoms with E-state index >= 15 is 0 Å². The largest absolute Gasteiger partial charge is 0.381 e. The van der Waals surface area contributed by atoms with Crippen LogP contribution in [-0.2, 0) is 11.3 Å². The molecule has 0 radical (unpaired) electrons. The second kappa shape index (κ2) is 8.56. The quantitative estimate of drug-likeness (QED) is 0.811. The number of aromatic amines is 1. The SMILES string of the molecule is CCN(c1cc(Cl)cc(C(=O)NCc2c[nH]cn2)c1C)C1CCOCC1. The third kappa shape index (κ3) is 4.19. The first kappa shape index (κ1) is 18.7. The second-order valence-electron chi connectivity index (χ2n) is 6.47. The van der Waals surface area contributed by atoms with Crippen molar-refractivity contribution in [3.63, 3.8) is 0 Å². The zero-order valence-corrected chi connectivity index (χ0v) is 16.0. The maximum Gasteiger partial charge on any atom is 0.251 e. The number of carbonyl (C=O) groups excluding carboxylic acids is 1. The minimum atomic E-state index is -0.141. The fraction of sp³-hybridized carbons (Fsp3) is 0.474. The van der Waals surface area contributed by atoms with Crippen LogP contribution in [0.25, 0.3) is 0 Å². The Labute approximate surface area is 158 Å². The van der Waals surface area contributed by atoms with Crippen molar-refractivity contribution >= 4 is 23.2 Å². The monoisotopic (exact) mass is 376 g/mol. The van der Waals surface area contributed by atoms with E-state index in [4.69, 9.17) is 16.3 Å². The lowest BCUT2D eigenvalue weighted by molar-refractivity contribution is 0.0846. The van der Waals surface area contributed by atoms with E-state index in [1.807, 2.05) is 13.0 Å². The number of hydrogen-bond acceptors (Lipinski definition) is 4. The van der Waals surface area contributed by atoms with Crippen molar-refractivity contribution in [2.24, 2.45) is 0 Å². The molecule has 2 heterocycles. The molecule has 6 nitrogen and oxygen atoms in total. The van der Waals surface area contributed by atoms with Crippen LogP contribution in [-0.4, -0.2) is 41.7 Å². The summed E-state index contributed by atoms with van der Waals surface area (Å²) < 4.78 is 5.49. The predicted octanol–water partition coefficient (Wildman–Crippen LogP) is 3.31. The summed E-state index contributed by atoms with van der Waals surface area (Å²) in [5.74, 6) is -0.141. The molecule has 1 aromatic heterocycles. The first-order valence-electron chi connectivity index (χ1n) is 9.00. The number of anilines is 1. The summed E-state index contributed by atoms with van der Waals surface area (Å²) >= 11 is 6.36. The summed E-state index contributed by atoms with van der Waals surface area (Å²) in [5, 5.41) is 3.48. The van der Waals surface area contributed by atoms with Gasteiger partial charge in [-0.1, -0.05) is 11.6 Å². The van der Waals surface area contributed by atoms with Crippen LogP contribution in [0.5, 0.6) is 0 Å². The molecule has 1 saturated heterocycles. The van der Waals surface area contributed by atoms with Gasteiger partial charge in [0.15, 0.2) is 0 Å². The molecule has 0 aliphatic carbocycles. The Kier molecular flexibility index (Phi) is 6.16. The summed E-state index contributed by atoms with van der Waals surface area (Å²) in [6, 6.07) is 4.10. The lowest BCUT2D eigenvalue weighted by atomic mass is 10.0. The minimum absolute atomic E-state index is 0.141. The molecule has 1 fully saturated rings. The van der Waals surface area contributed by atoms with E-state index < -0.39 is 0 Å². The Hall–Kier alpha value is -2.05. The molecule has 1 amide bonds. The highest BCUT2D eigenvalue weighted by atomic mass is 35.5. The van der Waals surface area contributed by atoms with Crippen LogP contribution >= 0.6 is 11.6 Å². The van der Waals surface area contributed by atoms with Crippen LogP contribution < -0.4 is 10.2 Å². The van der Waals surface area contributed by atoms with Crippen LogP contribution in [0, 0.1) is 6.92 Å². The number of aromatic nitrogens is 2. The molecular weight excluding hydrogens is 352 g/mol. The lowest BCUT2D eigenvalue weighted by Gasteiger charge is -2.36.